The van der Waals surface area contributed by atoms with Crippen molar-refractivity contribution in [3.8, 4) is 5.75 Å². The van der Waals surface area contributed by atoms with Gasteiger partial charge in [0.25, 0.3) is 5.91 Å². The van der Waals surface area contributed by atoms with Crippen LogP contribution in [0.2, 0.25) is 5.02 Å². The van der Waals surface area contributed by atoms with Crippen LogP contribution in [0.5, 0.6) is 5.75 Å². The van der Waals surface area contributed by atoms with E-state index in [0.29, 0.717) is 30.6 Å². The predicted octanol–water partition coefficient (Wildman–Crippen LogP) is 5.28. The Bertz CT molecular complexity index is 1510. The van der Waals surface area contributed by atoms with Crippen LogP contribution in [-0.4, -0.2) is 65.7 Å². The zero-order valence-electron chi connectivity index (χ0n) is 25.1. The molecule has 4 aliphatic rings. The van der Waals surface area contributed by atoms with Gasteiger partial charge in [-0.25, -0.2) is 13.1 Å². The Labute approximate surface area is 259 Å². The fourth-order valence-electron chi connectivity index (χ4n) is 7.50. The number of aryl methyl sites for hydroxylation is 1. The third-order valence-electron chi connectivity index (χ3n) is 10.2. The smallest absolute Gasteiger partial charge is 0.264 e. The van der Waals surface area contributed by atoms with Crippen molar-refractivity contribution in [2.45, 2.75) is 68.3 Å². The van der Waals surface area contributed by atoms with E-state index in [1.54, 1.807) is 32.2 Å². The summed E-state index contributed by atoms with van der Waals surface area (Å²) in [6.07, 6.45) is 8.82. The average molecular weight is 629 g/mol. The van der Waals surface area contributed by atoms with Crippen LogP contribution in [0.25, 0.3) is 0 Å². The van der Waals surface area contributed by atoms with Gasteiger partial charge in [0.05, 0.1) is 24.5 Å². The summed E-state index contributed by atoms with van der Waals surface area (Å²) in [6, 6.07) is 11.4. The maximum atomic E-state index is 13.4. The van der Waals surface area contributed by atoms with E-state index in [-0.39, 0.29) is 17.1 Å². The van der Waals surface area contributed by atoms with Gasteiger partial charge in [-0.3, -0.25) is 4.79 Å². The molecule has 6 atom stereocenters. The lowest BCUT2D eigenvalue weighted by molar-refractivity contribution is 0.0129. The normalized spacial score (nSPS) is 32.8. The Balaban J connectivity index is 1.43. The lowest BCUT2D eigenvalue weighted by Gasteiger charge is -2.46. The molecular weight excluding hydrogens is 588 g/mol. The number of halogens is 1. The maximum Gasteiger partial charge on any atom is 0.264 e. The molecule has 2 aromatic carbocycles. The van der Waals surface area contributed by atoms with Gasteiger partial charge in [-0.05, 0) is 98.7 Å². The van der Waals surface area contributed by atoms with Crippen LogP contribution < -0.4 is 14.4 Å². The molecule has 0 saturated heterocycles. The molecule has 1 amide bonds. The molecule has 2 aromatic rings. The Morgan fingerprint density at radius 1 is 1.12 bits per heavy atom. The summed E-state index contributed by atoms with van der Waals surface area (Å²) < 4.78 is 46.9. The minimum atomic E-state index is -4.02. The first kappa shape index (κ1) is 30.4. The summed E-state index contributed by atoms with van der Waals surface area (Å²) in [5, 5.41) is -0.205. The molecule has 0 unspecified atom stereocenters. The number of hydrogen-bond donors (Lipinski definition) is 1. The summed E-state index contributed by atoms with van der Waals surface area (Å²) in [6.45, 7) is 3.58. The van der Waals surface area contributed by atoms with E-state index in [9.17, 15) is 13.2 Å². The minimum absolute atomic E-state index is 0.0867. The lowest BCUT2D eigenvalue weighted by Crippen LogP contribution is -2.49. The number of benzene rings is 2. The summed E-state index contributed by atoms with van der Waals surface area (Å²) in [4.78, 5) is 15.8. The standard InChI is InChI=1S/C33H41ClN2O6S/c1-21-29(40-2)7-4-8-30(41-3)26-12-9-24(26)18-36-19-33(15-5-6-22-16-25(34)11-13-27(22)33)20-42-31-14-10-23(17-28(31)36)32(37)35-43(21,38)39/h4,8,10-11,13-14,16-17,21,24,26,29-30H,5-7,9,12,15,18-20H2,1-3H3,(H,35,37)/b8-4-/t21-,24-,26+,29+,30-,33-/m0/s1. The molecule has 1 N–H and O–H groups in total. The number of fused-ring (bicyclic) bond motifs is 4. The molecule has 2 heterocycles. The van der Waals surface area contributed by atoms with E-state index >= 15 is 0 Å². The van der Waals surface area contributed by atoms with Gasteiger partial charge in [-0.2, -0.15) is 0 Å². The van der Waals surface area contributed by atoms with Gasteiger partial charge < -0.3 is 19.1 Å². The van der Waals surface area contributed by atoms with Crippen LogP contribution in [0.3, 0.4) is 0 Å². The monoisotopic (exact) mass is 628 g/mol. The zero-order valence-corrected chi connectivity index (χ0v) is 26.6. The zero-order chi connectivity index (χ0) is 30.4. The molecular formula is C33H41ClN2O6S. The molecule has 8 nitrogen and oxygen atoms in total. The van der Waals surface area contributed by atoms with Gasteiger partial charge in [0.2, 0.25) is 10.0 Å². The van der Waals surface area contributed by atoms with Crippen LogP contribution in [0, 0.1) is 11.8 Å². The Morgan fingerprint density at radius 3 is 2.70 bits per heavy atom. The summed E-state index contributed by atoms with van der Waals surface area (Å²) in [5.74, 6) is 0.743. The fourth-order valence-corrected chi connectivity index (χ4v) is 8.87. The van der Waals surface area contributed by atoms with Crippen molar-refractivity contribution in [2.24, 2.45) is 11.8 Å². The number of nitrogens with zero attached hydrogens (tertiary/aromatic N) is 1. The summed E-state index contributed by atoms with van der Waals surface area (Å²) >= 11 is 6.40. The second kappa shape index (κ2) is 12.1. The van der Waals surface area contributed by atoms with Crippen molar-refractivity contribution in [1.82, 2.24) is 4.72 Å². The van der Waals surface area contributed by atoms with Gasteiger partial charge in [0.15, 0.2) is 0 Å². The van der Waals surface area contributed by atoms with E-state index in [4.69, 9.17) is 25.8 Å². The Morgan fingerprint density at radius 2 is 1.95 bits per heavy atom. The highest BCUT2D eigenvalue weighted by atomic mass is 35.5. The highest BCUT2D eigenvalue weighted by molar-refractivity contribution is 7.90. The van der Waals surface area contributed by atoms with E-state index in [2.05, 4.69) is 21.8 Å². The Hall–Kier alpha value is -2.59. The maximum absolute atomic E-state index is 13.4. The number of rotatable bonds is 2. The average Bonchev–Trinajstić information content (AvgIpc) is 3.12. The van der Waals surface area contributed by atoms with Gasteiger partial charge in [-0.15, -0.1) is 0 Å². The van der Waals surface area contributed by atoms with Crippen molar-refractivity contribution in [1.29, 1.82) is 0 Å². The molecule has 2 aliphatic carbocycles. The van der Waals surface area contributed by atoms with Crippen molar-refractivity contribution in [3.05, 3.63) is 70.3 Å². The van der Waals surface area contributed by atoms with Crippen LogP contribution >= 0.6 is 11.6 Å². The van der Waals surface area contributed by atoms with Gasteiger partial charge in [0.1, 0.15) is 11.0 Å². The molecule has 1 fully saturated rings. The van der Waals surface area contributed by atoms with Crippen LogP contribution in [0.1, 0.15) is 60.5 Å². The van der Waals surface area contributed by atoms with E-state index in [1.807, 2.05) is 18.2 Å². The number of anilines is 1. The number of carbonyl (C=O) groups is 1. The number of hydrogen-bond acceptors (Lipinski definition) is 7. The van der Waals surface area contributed by atoms with Crippen molar-refractivity contribution in [3.63, 3.8) is 0 Å². The summed E-state index contributed by atoms with van der Waals surface area (Å²) in [5.41, 5.74) is 3.39. The SMILES string of the molecule is CO[C@H]1/C=C\C[C@@H](OC)[C@H](C)S(=O)(=O)NC(=O)c2ccc3c(c2)N(C[C@@H]2CC[C@H]21)C[C@@]1(CCCc2cc(Cl)ccc21)CO3. The largest absolute Gasteiger partial charge is 0.490 e. The topological polar surface area (TPSA) is 94.2 Å². The van der Waals surface area contributed by atoms with E-state index < -0.39 is 27.3 Å². The number of amides is 1. The molecule has 0 radical (unpaired) electrons. The first-order valence-electron chi connectivity index (χ1n) is 15.2. The minimum Gasteiger partial charge on any atom is -0.490 e. The van der Waals surface area contributed by atoms with E-state index in [1.165, 1.54) is 18.2 Å². The highest BCUT2D eigenvalue weighted by Gasteiger charge is 2.44. The quantitative estimate of drug-likeness (QED) is 0.453. The number of ether oxygens (including phenoxy) is 3. The van der Waals surface area contributed by atoms with Gasteiger partial charge >= 0.3 is 0 Å². The first-order chi connectivity index (χ1) is 20.6. The number of sulfonamides is 1. The fraction of sp³-hybridized carbons (Fsp3) is 0.545. The lowest BCUT2D eigenvalue weighted by atomic mass is 9.68. The van der Waals surface area contributed by atoms with Gasteiger partial charge in [-0.1, -0.05) is 29.8 Å². The first-order valence-corrected chi connectivity index (χ1v) is 17.2. The molecule has 2 bridgehead atoms. The number of nitrogens with one attached hydrogen (secondary N) is 1. The second-order valence-electron chi connectivity index (χ2n) is 12.6. The second-order valence-corrected chi connectivity index (χ2v) is 15.1. The van der Waals surface area contributed by atoms with Crippen molar-refractivity contribution < 1.29 is 27.4 Å². The number of carbonyl (C=O) groups excluding carboxylic acids is 1. The third kappa shape index (κ3) is 5.81. The number of methoxy groups -OCH3 is 2. The molecule has 6 rings (SSSR count). The predicted molar refractivity (Wildman–Crippen MR) is 168 cm³/mol. The molecule has 232 valence electrons. The molecule has 10 heteroatoms. The van der Waals surface area contributed by atoms with Crippen LogP contribution in [0.4, 0.5) is 5.69 Å². The van der Waals surface area contributed by atoms with Gasteiger partial charge in [0, 0.05) is 43.3 Å². The molecule has 1 saturated carbocycles. The molecule has 2 aliphatic heterocycles. The molecule has 1 spiro atoms. The van der Waals surface area contributed by atoms with Crippen molar-refractivity contribution >= 4 is 33.2 Å². The van der Waals surface area contributed by atoms with Crippen molar-refractivity contribution in [2.75, 3.05) is 38.8 Å². The molecule has 0 aromatic heterocycles. The Kier molecular flexibility index (Phi) is 8.54. The highest BCUT2D eigenvalue weighted by Crippen LogP contribution is 2.47. The van der Waals surface area contributed by atoms with Crippen LogP contribution in [-0.2, 0) is 31.3 Å². The summed E-state index contributed by atoms with van der Waals surface area (Å²) in [7, 11) is -0.792. The third-order valence-corrected chi connectivity index (χ3v) is 12.2. The van der Waals surface area contributed by atoms with E-state index in [0.717, 1.165) is 55.9 Å². The molecule has 43 heavy (non-hydrogen) atoms. The van der Waals surface area contributed by atoms with Crippen LogP contribution in [0.15, 0.2) is 48.6 Å².